The molecule has 0 aromatic carbocycles. The van der Waals surface area contributed by atoms with E-state index in [-0.39, 0.29) is 17.4 Å². The number of amides is 1. The van der Waals surface area contributed by atoms with E-state index < -0.39 is 0 Å². The molecule has 6 nitrogen and oxygen atoms in total. The van der Waals surface area contributed by atoms with Gasteiger partial charge >= 0.3 is 0 Å². The number of hydrogen-bond acceptors (Lipinski definition) is 6. The lowest BCUT2D eigenvalue weighted by Crippen LogP contribution is -2.16. The molecule has 1 amide bonds. The van der Waals surface area contributed by atoms with Crippen LogP contribution in [0.25, 0.3) is 0 Å². The van der Waals surface area contributed by atoms with Crippen LogP contribution < -0.4 is 11.1 Å². The molecule has 0 atom stereocenters. The van der Waals surface area contributed by atoms with E-state index in [0.717, 1.165) is 18.5 Å². The summed E-state index contributed by atoms with van der Waals surface area (Å²) in [4.78, 5) is 25.7. The first-order valence-electron chi connectivity index (χ1n) is 6.60. The van der Waals surface area contributed by atoms with Crippen LogP contribution in [-0.4, -0.2) is 20.9 Å². The van der Waals surface area contributed by atoms with Gasteiger partial charge in [0.25, 0.3) is 5.91 Å². The number of fused-ring (bicyclic) bond motifs is 1. The SMILES string of the molecule is Nc1nccnc1C(=O)Nc1nc2c(s1)CCCCC2. The van der Waals surface area contributed by atoms with Crippen molar-refractivity contribution in [2.75, 3.05) is 11.1 Å². The minimum absolute atomic E-state index is 0.128. The second-order valence-corrected chi connectivity index (χ2v) is 5.78. The number of carbonyl (C=O) groups excluding carboxylic acids is 1. The van der Waals surface area contributed by atoms with Crippen LogP contribution in [0.15, 0.2) is 12.4 Å². The Balaban J connectivity index is 1.78. The molecule has 104 valence electrons. The van der Waals surface area contributed by atoms with Crippen LogP contribution in [0.2, 0.25) is 0 Å². The molecule has 1 aliphatic rings. The lowest BCUT2D eigenvalue weighted by atomic mass is 10.2. The zero-order chi connectivity index (χ0) is 13.9. The van der Waals surface area contributed by atoms with Gasteiger partial charge in [0, 0.05) is 17.3 Å². The van der Waals surface area contributed by atoms with Crippen LogP contribution in [0.4, 0.5) is 10.9 Å². The number of nitrogens with one attached hydrogen (secondary N) is 1. The van der Waals surface area contributed by atoms with Crippen LogP contribution in [0.5, 0.6) is 0 Å². The highest BCUT2D eigenvalue weighted by Gasteiger charge is 2.17. The average Bonchev–Trinajstić information content (AvgIpc) is 2.68. The topological polar surface area (TPSA) is 93.8 Å². The van der Waals surface area contributed by atoms with E-state index >= 15 is 0 Å². The molecule has 0 unspecified atom stereocenters. The van der Waals surface area contributed by atoms with Crippen molar-refractivity contribution in [3.05, 3.63) is 28.7 Å². The molecular weight excluding hydrogens is 274 g/mol. The molecule has 0 aliphatic heterocycles. The molecule has 2 aromatic heterocycles. The fourth-order valence-electron chi connectivity index (χ4n) is 2.26. The maximum Gasteiger partial charge on any atom is 0.279 e. The Kier molecular flexibility index (Phi) is 3.60. The molecule has 3 N–H and O–H groups in total. The molecular formula is C13H15N5OS. The quantitative estimate of drug-likeness (QED) is 0.825. The van der Waals surface area contributed by atoms with E-state index in [9.17, 15) is 4.79 Å². The highest BCUT2D eigenvalue weighted by Crippen LogP contribution is 2.29. The molecule has 7 heteroatoms. The van der Waals surface area contributed by atoms with Crippen LogP contribution in [-0.2, 0) is 12.8 Å². The molecule has 0 fully saturated rings. The summed E-state index contributed by atoms with van der Waals surface area (Å²) in [6.45, 7) is 0. The first kappa shape index (κ1) is 13.0. The summed E-state index contributed by atoms with van der Waals surface area (Å²) in [6, 6.07) is 0. The van der Waals surface area contributed by atoms with Crippen molar-refractivity contribution in [3.8, 4) is 0 Å². The Morgan fingerprint density at radius 1 is 1.20 bits per heavy atom. The zero-order valence-corrected chi connectivity index (χ0v) is 11.7. The zero-order valence-electron chi connectivity index (χ0n) is 10.9. The minimum atomic E-state index is -0.362. The molecule has 2 aromatic rings. The first-order chi connectivity index (χ1) is 9.74. The molecule has 3 rings (SSSR count). The Hall–Kier alpha value is -2.02. The second-order valence-electron chi connectivity index (χ2n) is 4.69. The van der Waals surface area contributed by atoms with Crippen molar-refractivity contribution in [1.82, 2.24) is 15.0 Å². The molecule has 1 aliphatic carbocycles. The Morgan fingerprint density at radius 3 is 2.85 bits per heavy atom. The molecule has 0 spiro atoms. The van der Waals surface area contributed by atoms with Crippen molar-refractivity contribution in [2.24, 2.45) is 0 Å². The molecule has 0 bridgehead atoms. The first-order valence-corrected chi connectivity index (χ1v) is 7.42. The predicted octanol–water partition coefficient (Wildman–Crippen LogP) is 2.04. The molecule has 20 heavy (non-hydrogen) atoms. The van der Waals surface area contributed by atoms with E-state index in [0.29, 0.717) is 5.13 Å². The number of nitrogens with zero attached hydrogens (tertiary/aromatic N) is 3. The van der Waals surface area contributed by atoms with Gasteiger partial charge < -0.3 is 5.73 Å². The van der Waals surface area contributed by atoms with Crippen LogP contribution in [0.1, 0.15) is 40.3 Å². The van der Waals surface area contributed by atoms with Gasteiger partial charge in [-0.05, 0) is 25.7 Å². The van der Waals surface area contributed by atoms with E-state index in [2.05, 4.69) is 20.3 Å². The maximum absolute atomic E-state index is 12.1. The number of aryl methyl sites for hydroxylation is 2. The Bertz CT molecular complexity index is 616. The number of anilines is 2. The maximum atomic E-state index is 12.1. The van der Waals surface area contributed by atoms with Gasteiger partial charge in [0.15, 0.2) is 16.6 Å². The summed E-state index contributed by atoms with van der Waals surface area (Å²) in [5.41, 5.74) is 6.90. The highest BCUT2D eigenvalue weighted by atomic mass is 32.1. The summed E-state index contributed by atoms with van der Waals surface area (Å²) in [6.07, 6.45) is 8.56. The number of hydrogen-bond donors (Lipinski definition) is 2. The number of rotatable bonds is 2. The minimum Gasteiger partial charge on any atom is -0.382 e. The summed E-state index contributed by atoms with van der Waals surface area (Å²) in [5.74, 6) is -0.234. The Labute approximate surface area is 120 Å². The standard InChI is InChI=1S/C13H15N5OS/c14-11-10(15-6-7-16-11)12(19)18-13-17-8-4-2-1-3-5-9(8)20-13/h6-7H,1-5H2,(H2,14,16)(H,17,18,19). The normalized spacial score (nSPS) is 14.4. The van der Waals surface area contributed by atoms with Crippen LogP contribution in [0, 0.1) is 0 Å². The molecule has 0 saturated heterocycles. The second kappa shape index (κ2) is 5.54. The van der Waals surface area contributed by atoms with Gasteiger partial charge in [-0.3, -0.25) is 10.1 Å². The van der Waals surface area contributed by atoms with Gasteiger partial charge in [0.2, 0.25) is 0 Å². The van der Waals surface area contributed by atoms with Crippen LogP contribution in [0.3, 0.4) is 0 Å². The van der Waals surface area contributed by atoms with Gasteiger partial charge in [-0.2, -0.15) is 0 Å². The van der Waals surface area contributed by atoms with E-state index in [1.54, 1.807) is 11.3 Å². The highest BCUT2D eigenvalue weighted by molar-refractivity contribution is 7.15. The largest absolute Gasteiger partial charge is 0.382 e. The molecule has 0 radical (unpaired) electrons. The van der Waals surface area contributed by atoms with Gasteiger partial charge in [0.05, 0.1) is 5.69 Å². The average molecular weight is 289 g/mol. The van der Waals surface area contributed by atoms with Crippen molar-refractivity contribution in [3.63, 3.8) is 0 Å². The van der Waals surface area contributed by atoms with Gasteiger partial charge in [-0.1, -0.05) is 6.42 Å². The predicted molar refractivity (Wildman–Crippen MR) is 77.8 cm³/mol. The van der Waals surface area contributed by atoms with E-state index in [4.69, 9.17) is 5.73 Å². The third-order valence-corrected chi connectivity index (χ3v) is 4.33. The van der Waals surface area contributed by atoms with E-state index in [1.807, 2.05) is 0 Å². The summed E-state index contributed by atoms with van der Waals surface area (Å²) in [7, 11) is 0. The number of nitrogens with two attached hydrogens (primary N) is 1. The van der Waals surface area contributed by atoms with Gasteiger partial charge in [0.1, 0.15) is 0 Å². The number of aromatic nitrogens is 3. The van der Waals surface area contributed by atoms with Gasteiger partial charge in [-0.25, -0.2) is 15.0 Å². The fraction of sp³-hybridized carbons (Fsp3) is 0.385. The Morgan fingerprint density at radius 2 is 2.00 bits per heavy atom. The van der Waals surface area contributed by atoms with Crippen LogP contribution >= 0.6 is 11.3 Å². The lowest BCUT2D eigenvalue weighted by Gasteiger charge is -2.02. The third kappa shape index (κ3) is 2.62. The number of carbonyl (C=O) groups is 1. The monoisotopic (exact) mass is 289 g/mol. The summed E-state index contributed by atoms with van der Waals surface area (Å²) < 4.78 is 0. The fourth-order valence-corrected chi connectivity index (χ4v) is 3.31. The van der Waals surface area contributed by atoms with Crippen molar-refractivity contribution >= 4 is 28.2 Å². The summed E-state index contributed by atoms with van der Waals surface area (Å²) in [5, 5.41) is 3.38. The third-order valence-electron chi connectivity index (χ3n) is 3.26. The van der Waals surface area contributed by atoms with Gasteiger partial charge in [-0.15, -0.1) is 11.3 Å². The van der Waals surface area contributed by atoms with Crippen molar-refractivity contribution in [1.29, 1.82) is 0 Å². The number of thiazole rings is 1. The summed E-state index contributed by atoms with van der Waals surface area (Å²) >= 11 is 1.55. The molecule has 2 heterocycles. The number of nitrogen functional groups attached to an aromatic ring is 1. The van der Waals surface area contributed by atoms with Crippen molar-refractivity contribution < 1.29 is 4.79 Å². The lowest BCUT2D eigenvalue weighted by molar-refractivity contribution is 0.102. The smallest absolute Gasteiger partial charge is 0.279 e. The van der Waals surface area contributed by atoms with E-state index in [1.165, 1.54) is 36.5 Å². The molecule has 0 saturated carbocycles. The van der Waals surface area contributed by atoms with Crippen molar-refractivity contribution in [2.45, 2.75) is 32.1 Å².